The maximum Gasteiger partial charge on any atom is 0.274 e. The van der Waals surface area contributed by atoms with E-state index in [9.17, 15) is 14.0 Å². The lowest BCUT2D eigenvalue weighted by atomic mass is 9.95. The smallest absolute Gasteiger partial charge is 0.274 e. The number of halogens is 1. The van der Waals surface area contributed by atoms with Gasteiger partial charge in [-0.3, -0.25) is 14.5 Å². The third kappa shape index (κ3) is 4.85. The fourth-order valence-corrected chi connectivity index (χ4v) is 4.45. The molecule has 8 heteroatoms. The second kappa shape index (κ2) is 9.81. The second-order valence-electron chi connectivity index (χ2n) is 8.81. The molecule has 2 amide bonds. The SMILES string of the molecule is CCC(C)NC(=O)CN1CCN(C(=O)c2nn(-c3ccc(F)cc3)c3c2CCCC3)CC1. The van der Waals surface area contributed by atoms with E-state index in [0.29, 0.717) is 38.4 Å². The largest absolute Gasteiger partial charge is 0.353 e. The van der Waals surface area contributed by atoms with E-state index in [1.54, 1.807) is 12.1 Å². The van der Waals surface area contributed by atoms with Crippen LogP contribution in [0.3, 0.4) is 0 Å². The van der Waals surface area contributed by atoms with Crippen LogP contribution in [0.2, 0.25) is 0 Å². The molecule has 0 radical (unpaired) electrons. The Morgan fingerprint density at radius 2 is 1.78 bits per heavy atom. The van der Waals surface area contributed by atoms with Crippen molar-refractivity contribution in [3.8, 4) is 5.69 Å². The van der Waals surface area contributed by atoms with E-state index < -0.39 is 0 Å². The Kier molecular flexibility index (Phi) is 6.89. The van der Waals surface area contributed by atoms with Crippen LogP contribution in [0.15, 0.2) is 24.3 Å². The summed E-state index contributed by atoms with van der Waals surface area (Å²) < 4.78 is 15.2. The molecule has 1 saturated heterocycles. The van der Waals surface area contributed by atoms with Crippen LogP contribution in [0, 0.1) is 5.82 Å². The Morgan fingerprint density at radius 3 is 2.47 bits per heavy atom. The fourth-order valence-electron chi connectivity index (χ4n) is 4.45. The van der Waals surface area contributed by atoms with Crippen molar-refractivity contribution in [1.82, 2.24) is 24.9 Å². The molecule has 1 aliphatic heterocycles. The second-order valence-corrected chi connectivity index (χ2v) is 8.81. The minimum Gasteiger partial charge on any atom is -0.353 e. The average Bonchev–Trinajstić information content (AvgIpc) is 3.19. The third-order valence-corrected chi connectivity index (χ3v) is 6.50. The molecule has 172 valence electrons. The predicted octanol–water partition coefficient (Wildman–Crippen LogP) is 2.56. The molecule has 2 heterocycles. The monoisotopic (exact) mass is 441 g/mol. The maximum atomic E-state index is 13.4. The first-order valence-corrected chi connectivity index (χ1v) is 11.6. The van der Waals surface area contributed by atoms with E-state index in [1.807, 2.05) is 23.4 Å². The number of fused-ring (bicyclic) bond motifs is 1. The third-order valence-electron chi connectivity index (χ3n) is 6.50. The molecular formula is C24H32FN5O2. The zero-order valence-corrected chi connectivity index (χ0v) is 18.9. The van der Waals surface area contributed by atoms with E-state index in [4.69, 9.17) is 5.10 Å². The molecule has 7 nitrogen and oxygen atoms in total. The quantitative estimate of drug-likeness (QED) is 0.748. The van der Waals surface area contributed by atoms with Gasteiger partial charge in [0, 0.05) is 43.5 Å². The zero-order chi connectivity index (χ0) is 22.7. The van der Waals surface area contributed by atoms with Crippen molar-refractivity contribution in [3.05, 3.63) is 47.0 Å². The number of carbonyl (C=O) groups excluding carboxylic acids is 2. The number of hydrogen-bond acceptors (Lipinski definition) is 4. The normalized spacial score (nSPS) is 17.7. The molecule has 0 bridgehead atoms. The van der Waals surface area contributed by atoms with Crippen LogP contribution < -0.4 is 5.32 Å². The average molecular weight is 442 g/mol. The number of amides is 2. The maximum absolute atomic E-state index is 13.4. The summed E-state index contributed by atoms with van der Waals surface area (Å²) in [5, 5.41) is 7.70. The van der Waals surface area contributed by atoms with Gasteiger partial charge in [-0.15, -0.1) is 0 Å². The summed E-state index contributed by atoms with van der Waals surface area (Å²) in [7, 11) is 0. The van der Waals surface area contributed by atoms with Crippen LogP contribution in [-0.2, 0) is 17.6 Å². The van der Waals surface area contributed by atoms with Crippen LogP contribution in [0.4, 0.5) is 4.39 Å². The molecule has 1 aromatic carbocycles. The summed E-state index contributed by atoms with van der Waals surface area (Å²) in [6.45, 7) is 6.90. The number of nitrogens with one attached hydrogen (secondary N) is 1. The Bertz CT molecular complexity index is 964. The Hall–Kier alpha value is -2.74. The van der Waals surface area contributed by atoms with Crippen LogP contribution >= 0.6 is 0 Å². The molecular weight excluding hydrogens is 409 g/mol. The Morgan fingerprint density at radius 1 is 1.09 bits per heavy atom. The minimum atomic E-state index is -0.290. The Balaban J connectivity index is 1.45. The number of benzene rings is 1. The summed E-state index contributed by atoms with van der Waals surface area (Å²) >= 11 is 0. The molecule has 1 aromatic heterocycles. The number of hydrogen-bond donors (Lipinski definition) is 1. The number of aromatic nitrogens is 2. The predicted molar refractivity (Wildman–Crippen MR) is 120 cm³/mol. The first kappa shape index (κ1) is 22.5. The van der Waals surface area contributed by atoms with Gasteiger partial charge in [0.05, 0.1) is 12.2 Å². The van der Waals surface area contributed by atoms with Crippen LogP contribution in [0.5, 0.6) is 0 Å². The number of piperazine rings is 1. The van der Waals surface area contributed by atoms with Crippen LogP contribution in [0.25, 0.3) is 5.69 Å². The molecule has 1 aliphatic carbocycles. The molecule has 4 rings (SSSR count). The van der Waals surface area contributed by atoms with E-state index in [-0.39, 0.29) is 23.7 Å². The number of carbonyl (C=O) groups is 2. The van der Waals surface area contributed by atoms with Gasteiger partial charge in [0.2, 0.25) is 5.91 Å². The van der Waals surface area contributed by atoms with Gasteiger partial charge in [-0.25, -0.2) is 9.07 Å². The first-order valence-electron chi connectivity index (χ1n) is 11.6. The molecule has 2 aliphatic rings. The molecule has 1 atom stereocenters. The fraction of sp³-hybridized carbons (Fsp3) is 0.542. The number of rotatable bonds is 6. The highest BCUT2D eigenvalue weighted by atomic mass is 19.1. The van der Waals surface area contributed by atoms with Crippen molar-refractivity contribution in [2.45, 2.75) is 52.0 Å². The summed E-state index contributed by atoms with van der Waals surface area (Å²) in [6, 6.07) is 6.42. The van der Waals surface area contributed by atoms with Crippen LogP contribution in [-0.4, -0.2) is 70.2 Å². The van der Waals surface area contributed by atoms with Gasteiger partial charge in [-0.05, 0) is 63.3 Å². The lowest BCUT2D eigenvalue weighted by molar-refractivity contribution is -0.123. The standard InChI is InChI=1S/C24H32FN5O2/c1-3-17(2)26-22(31)16-28-12-14-29(15-13-28)24(32)23-20-6-4-5-7-21(20)30(27-23)19-10-8-18(25)9-11-19/h8-11,17H,3-7,12-16H2,1-2H3,(H,26,31). The molecule has 0 saturated carbocycles. The van der Waals surface area contributed by atoms with Gasteiger partial charge in [0.1, 0.15) is 5.82 Å². The zero-order valence-electron chi connectivity index (χ0n) is 18.9. The summed E-state index contributed by atoms with van der Waals surface area (Å²) in [5.41, 5.74) is 3.39. The molecule has 32 heavy (non-hydrogen) atoms. The molecule has 1 unspecified atom stereocenters. The van der Waals surface area contributed by atoms with E-state index in [1.165, 1.54) is 12.1 Å². The van der Waals surface area contributed by atoms with Gasteiger partial charge in [0.15, 0.2) is 5.69 Å². The van der Waals surface area contributed by atoms with Gasteiger partial charge >= 0.3 is 0 Å². The lowest BCUT2D eigenvalue weighted by Crippen LogP contribution is -2.51. The molecule has 2 aromatic rings. The summed E-state index contributed by atoms with van der Waals surface area (Å²) in [5.74, 6) is -0.305. The Labute approximate surface area is 188 Å². The van der Waals surface area contributed by atoms with Crippen molar-refractivity contribution in [2.75, 3.05) is 32.7 Å². The summed E-state index contributed by atoms with van der Waals surface area (Å²) in [6.07, 6.45) is 4.72. The molecule has 0 spiro atoms. The van der Waals surface area contributed by atoms with E-state index >= 15 is 0 Å². The molecule has 1 fully saturated rings. The lowest BCUT2D eigenvalue weighted by Gasteiger charge is -2.34. The van der Waals surface area contributed by atoms with Crippen molar-refractivity contribution in [2.24, 2.45) is 0 Å². The highest BCUT2D eigenvalue weighted by molar-refractivity contribution is 5.94. The van der Waals surface area contributed by atoms with Crippen molar-refractivity contribution >= 4 is 11.8 Å². The first-order chi connectivity index (χ1) is 15.5. The van der Waals surface area contributed by atoms with Gasteiger partial charge < -0.3 is 10.2 Å². The van der Waals surface area contributed by atoms with E-state index in [2.05, 4.69) is 10.2 Å². The highest BCUT2D eigenvalue weighted by Crippen LogP contribution is 2.28. The summed E-state index contributed by atoms with van der Waals surface area (Å²) in [4.78, 5) is 29.5. The topological polar surface area (TPSA) is 70.5 Å². The highest BCUT2D eigenvalue weighted by Gasteiger charge is 2.30. The van der Waals surface area contributed by atoms with Crippen molar-refractivity contribution in [1.29, 1.82) is 0 Å². The van der Waals surface area contributed by atoms with Crippen LogP contribution in [0.1, 0.15) is 54.9 Å². The van der Waals surface area contributed by atoms with Crippen molar-refractivity contribution < 1.29 is 14.0 Å². The van der Waals surface area contributed by atoms with E-state index in [0.717, 1.165) is 49.0 Å². The minimum absolute atomic E-state index is 0.0336. The van der Waals surface area contributed by atoms with Gasteiger partial charge in [0.25, 0.3) is 5.91 Å². The van der Waals surface area contributed by atoms with Crippen molar-refractivity contribution in [3.63, 3.8) is 0 Å². The van der Waals surface area contributed by atoms with Gasteiger partial charge in [-0.2, -0.15) is 5.10 Å². The van der Waals surface area contributed by atoms with Gasteiger partial charge in [-0.1, -0.05) is 6.92 Å². The number of nitrogens with zero attached hydrogens (tertiary/aromatic N) is 4. The molecule has 1 N–H and O–H groups in total.